The van der Waals surface area contributed by atoms with Gasteiger partial charge in [-0.1, -0.05) is 13.0 Å². The van der Waals surface area contributed by atoms with Gasteiger partial charge in [0.05, 0.1) is 12.6 Å². The second-order valence-electron chi connectivity index (χ2n) is 6.90. The first kappa shape index (κ1) is 22.2. The molecule has 3 heterocycles. The molecule has 1 aliphatic rings. The Morgan fingerprint density at radius 1 is 1.33 bits per heavy atom. The second-order valence-corrected chi connectivity index (χ2v) is 7.88. The van der Waals surface area contributed by atoms with Gasteiger partial charge in [0.2, 0.25) is 0 Å². The van der Waals surface area contributed by atoms with E-state index in [1.807, 2.05) is 35.3 Å². The van der Waals surface area contributed by atoms with Crippen molar-refractivity contribution < 1.29 is 0 Å². The van der Waals surface area contributed by atoms with E-state index in [-0.39, 0.29) is 24.0 Å². The maximum absolute atomic E-state index is 4.37. The highest BCUT2D eigenvalue weighted by Gasteiger charge is 2.25. The molecule has 1 fully saturated rings. The molecule has 1 unspecified atom stereocenters. The largest absolute Gasteiger partial charge is 0.355 e. The molecule has 27 heavy (non-hydrogen) atoms. The van der Waals surface area contributed by atoms with Crippen LogP contribution in [0.3, 0.4) is 0 Å². The van der Waals surface area contributed by atoms with Crippen LogP contribution in [0.5, 0.6) is 0 Å². The molecule has 150 valence electrons. The molecular weight excluding hydrogens is 471 g/mol. The van der Waals surface area contributed by atoms with Gasteiger partial charge in [-0.15, -0.1) is 35.3 Å². The summed E-state index contributed by atoms with van der Waals surface area (Å²) >= 11 is 1.85. The zero-order valence-electron chi connectivity index (χ0n) is 16.2. The Kier molecular flexibility index (Phi) is 9.57. The van der Waals surface area contributed by atoms with Crippen molar-refractivity contribution in [1.29, 1.82) is 0 Å². The normalized spacial score (nSPS) is 17.3. The molecule has 1 saturated heterocycles. The van der Waals surface area contributed by atoms with E-state index in [4.69, 9.17) is 0 Å². The number of likely N-dealkylation sites (tertiary alicyclic amines) is 1. The van der Waals surface area contributed by atoms with Gasteiger partial charge in [-0.25, -0.2) is 0 Å². The number of hydrogen-bond acceptors (Lipinski definition) is 4. The van der Waals surface area contributed by atoms with Gasteiger partial charge in [0.25, 0.3) is 0 Å². The molecule has 3 rings (SSSR count). The maximum Gasteiger partial charge on any atom is 0.191 e. The fourth-order valence-electron chi connectivity index (χ4n) is 3.37. The van der Waals surface area contributed by atoms with Gasteiger partial charge in [0.15, 0.2) is 5.96 Å². The minimum absolute atomic E-state index is 0. The Labute approximate surface area is 183 Å². The molecule has 0 aromatic carbocycles. The monoisotopic (exact) mass is 502 g/mol. The quantitative estimate of drug-likeness (QED) is 0.347. The lowest BCUT2D eigenvalue weighted by atomic mass is 9.97. The van der Waals surface area contributed by atoms with Gasteiger partial charge in [-0.2, -0.15) is 5.10 Å². The lowest BCUT2D eigenvalue weighted by molar-refractivity contribution is 0.140. The SMILES string of the molecule is CN=C(NCCn1cccn1)NCC(c1cccs1)N1CCC(C)CC1.I. The zero-order chi connectivity index (χ0) is 18.2. The van der Waals surface area contributed by atoms with Crippen molar-refractivity contribution >= 4 is 41.3 Å². The topological polar surface area (TPSA) is 57.5 Å². The number of nitrogens with one attached hydrogen (secondary N) is 2. The Bertz CT molecular complexity index is 650. The van der Waals surface area contributed by atoms with Crippen LogP contribution in [0, 0.1) is 5.92 Å². The second kappa shape index (κ2) is 11.7. The van der Waals surface area contributed by atoms with Gasteiger partial charge in [0, 0.05) is 37.4 Å². The van der Waals surface area contributed by atoms with Crippen molar-refractivity contribution in [3.8, 4) is 0 Å². The van der Waals surface area contributed by atoms with Crippen molar-refractivity contribution in [3.63, 3.8) is 0 Å². The summed E-state index contributed by atoms with van der Waals surface area (Å²) in [7, 11) is 1.83. The molecule has 2 N–H and O–H groups in total. The molecule has 0 saturated carbocycles. The van der Waals surface area contributed by atoms with Crippen molar-refractivity contribution in [2.24, 2.45) is 10.9 Å². The highest BCUT2D eigenvalue weighted by molar-refractivity contribution is 14.0. The Balaban J connectivity index is 0.00000261. The van der Waals surface area contributed by atoms with Gasteiger partial charge in [0.1, 0.15) is 0 Å². The summed E-state index contributed by atoms with van der Waals surface area (Å²) < 4.78 is 1.92. The van der Waals surface area contributed by atoms with Gasteiger partial charge in [-0.05, 0) is 49.4 Å². The van der Waals surface area contributed by atoms with E-state index in [1.165, 1.54) is 30.8 Å². The first-order valence-electron chi connectivity index (χ1n) is 9.45. The van der Waals surface area contributed by atoms with E-state index >= 15 is 0 Å². The third-order valence-corrected chi connectivity index (χ3v) is 5.98. The third-order valence-electron chi connectivity index (χ3n) is 5.01. The number of aliphatic imine (C=N–C) groups is 1. The van der Waals surface area contributed by atoms with E-state index in [0.29, 0.717) is 6.04 Å². The summed E-state index contributed by atoms with van der Waals surface area (Å²) in [5.41, 5.74) is 0. The Morgan fingerprint density at radius 2 is 2.15 bits per heavy atom. The lowest BCUT2D eigenvalue weighted by Gasteiger charge is -2.36. The average Bonchev–Trinajstić information content (AvgIpc) is 3.36. The highest BCUT2D eigenvalue weighted by atomic mass is 127. The number of piperidine rings is 1. The maximum atomic E-state index is 4.37. The van der Waals surface area contributed by atoms with Crippen LogP contribution in [-0.4, -0.2) is 53.9 Å². The highest BCUT2D eigenvalue weighted by Crippen LogP contribution is 2.28. The van der Waals surface area contributed by atoms with Crippen LogP contribution in [0.15, 0.2) is 41.0 Å². The van der Waals surface area contributed by atoms with Crippen LogP contribution in [-0.2, 0) is 6.54 Å². The minimum atomic E-state index is 0. The van der Waals surface area contributed by atoms with E-state index in [2.05, 4.69) is 50.1 Å². The average molecular weight is 502 g/mol. The number of nitrogens with zero attached hydrogens (tertiary/aromatic N) is 4. The van der Waals surface area contributed by atoms with Crippen LogP contribution in [0.1, 0.15) is 30.7 Å². The molecule has 1 atom stereocenters. The summed E-state index contributed by atoms with van der Waals surface area (Å²) in [6.45, 7) is 7.21. The molecule has 0 bridgehead atoms. The summed E-state index contributed by atoms with van der Waals surface area (Å²) in [5.74, 6) is 1.70. The molecule has 0 spiro atoms. The van der Waals surface area contributed by atoms with Gasteiger partial charge in [-0.3, -0.25) is 14.6 Å². The van der Waals surface area contributed by atoms with Crippen LogP contribution in [0.25, 0.3) is 0 Å². The van der Waals surface area contributed by atoms with E-state index in [1.54, 1.807) is 6.20 Å². The molecule has 0 amide bonds. The number of halogens is 1. The number of aromatic nitrogens is 2. The van der Waals surface area contributed by atoms with E-state index in [0.717, 1.165) is 31.5 Å². The number of hydrogen-bond donors (Lipinski definition) is 2. The third kappa shape index (κ3) is 6.76. The van der Waals surface area contributed by atoms with E-state index < -0.39 is 0 Å². The fourth-order valence-corrected chi connectivity index (χ4v) is 4.23. The molecule has 0 aliphatic carbocycles. The minimum Gasteiger partial charge on any atom is -0.355 e. The van der Waals surface area contributed by atoms with E-state index in [9.17, 15) is 0 Å². The smallest absolute Gasteiger partial charge is 0.191 e. The first-order chi connectivity index (χ1) is 12.8. The predicted molar refractivity (Wildman–Crippen MR) is 124 cm³/mol. The van der Waals surface area contributed by atoms with Gasteiger partial charge < -0.3 is 10.6 Å². The standard InChI is InChI=1S/C19H30N6S.HI/c1-16-6-11-24(12-7-16)17(18-5-3-14-26-18)15-22-19(20-2)21-9-13-25-10-4-8-23-25;/h3-5,8,10,14,16-17H,6-7,9,11-13,15H2,1-2H3,(H2,20,21,22);1H. The Morgan fingerprint density at radius 3 is 2.78 bits per heavy atom. The molecule has 0 radical (unpaired) electrons. The Hall–Kier alpha value is -1.13. The summed E-state index contributed by atoms with van der Waals surface area (Å²) in [6, 6.07) is 6.75. The van der Waals surface area contributed by atoms with Crippen molar-refractivity contribution in [2.45, 2.75) is 32.4 Å². The summed E-state index contributed by atoms with van der Waals surface area (Å²) in [5, 5.41) is 13.3. The predicted octanol–water partition coefficient (Wildman–Crippen LogP) is 3.20. The first-order valence-corrected chi connectivity index (χ1v) is 10.3. The molecule has 2 aromatic rings. The molecular formula is C19H31IN6S. The molecule has 8 heteroatoms. The number of thiophene rings is 1. The lowest BCUT2D eigenvalue weighted by Crippen LogP contribution is -2.45. The molecule has 6 nitrogen and oxygen atoms in total. The van der Waals surface area contributed by atoms with Crippen LogP contribution < -0.4 is 10.6 Å². The van der Waals surface area contributed by atoms with Crippen molar-refractivity contribution in [3.05, 3.63) is 40.8 Å². The molecule has 1 aliphatic heterocycles. The molecule has 2 aromatic heterocycles. The number of rotatable bonds is 7. The fraction of sp³-hybridized carbons (Fsp3) is 0.579. The van der Waals surface area contributed by atoms with Crippen LogP contribution >= 0.6 is 35.3 Å². The van der Waals surface area contributed by atoms with Crippen molar-refractivity contribution in [2.75, 3.05) is 33.2 Å². The number of guanidine groups is 1. The van der Waals surface area contributed by atoms with Crippen LogP contribution in [0.2, 0.25) is 0 Å². The van der Waals surface area contributed by atoms with Gasteiger partial charge >= 0.3 is 0 Å². The summed E-state index contributed by atoms with van der Waals surface area (Å²) in [6.07, 6.45) is 6.36. The zero-order valence-corrected chi connectivity index (χ0v) is 19.3. The summed E-state index contributed by atoms with van der Waals surface area (Å²) in [4.78, 5) is 8.42. The van der Waals surface area contributed by atoms with Crippen molar-refractivity contribution in [1.82, 2.24) is 25.3 Å². The van der Waals surface area contributed by atoms with Crippen LogP contribution in [0.4, 0.5) is 0 Å².